The Labute approximate surface area is 177 Å². The van der Waals surface area contributed by atoms with Crippen LogP contribution >= 0.6 is 0 Å². The number of nitriles is 1. The van der Waals surface area contributed by atoms with Gasteiger partial charge in [-0.15, -0.1) is 0 Å². The molecule has 0 radical (unpaired) electrons. The Bertz CT molecular complexity index is 1100. The maximum Gasteiger partial charge on any atom is 0.333 e. The molecule has 0 bridgehead atoms. The van der Waals surface area contributed by atoms with Gasteiger partial charge in [-0.05, 0) is 31.2 Å². The summed E-state index contributed by atoms with van der Waals surface area (Å²) in [5.74, 6) is 1.36. The van der Waals surface area contributed by atoms with Crippen molar-refractivity contribution >= 4 is 11.6 Å². The third-order valence-electron chi connectivity index (χ3n) is 4.97. The number of nitrogens with one attached hydrogen (secondary N) is 2. The van der Waals surface area contributed by atoms with Crippen molar-refractivity contribution in [2.24, 2.45) is 5.92 Å². The highest BCUT2D eigenvalue weighted by Gasteiger charge is 2.23. The van der Waals surface area contributed by atoms with E-state index in [9.17, 15) is 14.0 Å². The van der Waals surface area contributed by atoms with Crippen LogP contribution in [0.5, 0.6) is 5.75 Å². The SMILES string of the molecule is C[C@@H]1CNCC[C@@H]1Oc1ccc(-c2ncnc(Nc3cnn(C(F)F)c3)n2)cc1C#N. The van der Waals surface area contributed by atoms with Gasteiger partial charge in [0.15, 0.2) is 5.82 Å². The fourth-order valence-electron chi connectivity index (χ4n) is 3.32. The van der Waals surface area contributed by atoms with E-state index < -0.39 is 6.55 Å². The van der Waals surface area contributed by atoms with E-state index in [1.807, 2.05) is 0 Å². The summed E-state index contributed by atoms with van der Waals surface area (Å²) < 4.78 is 32.0. The summed E-state index contributed by atoms with van der Waals surface area (Å²) in [4.78, 5) is 12.5. The van der Waals surface area contributed by atoms with Crippen molar-refractivity contribution in [3.63, 3.8) is 0 Å². The van der Waals surface area contributed by atoms with E-state index >= 15 is 0 Å². The molecular formula is C20H20F2N8O. The van der Waals surface area contributed by atoms with Crippen LogP contribution in [-0.4, -0.2) is 43.9 Å². The third-order valence-corrected chi connectivity index (χ3v) is 4.97. The molecule has 4 rings (SSSR count). The molecule has 0 unspecified atom stereocenters. The van der Waals surface area contributed by atoms with Gasteiger partial charge in [-0.3, -0.25) is 0 Å². The highest BCUT2D eigenvalue weighted by Crippen LogP contribution is 2.28. The molecule has 1 aliphatic heterocycles. The lowest BCUT2D eigenvalue weighted by Crippen LogP contribution is -2.41. The first kappa shape index (κ1) is 20.6. The van der Waals surface area contributed by atoms with Gasteiger partial charge in [0.05, 0.1) is 23.6 Å². The molecule has 11 heteroatoms. The Morgan fingerprint density at radius 2 is 2.23 bits per heavy atom. The Kier molecular flexibility index (Phi) is 5.99. The van der Waals surface area contributed by atoms with E-state index in [-0.39, 0.29) is 12.1 Å². The van der Waals surface area contributed by atoms with E-state index in [0.717, 1.165) is 25.7 Å². The van der Waals surface area contributed by atoms with Gasteiger partial charge in [-0.25, -0.2) is 14.6 Å². The molecule has 9 nitrogen and oxygen atoms in total. The van der Waals surface area contributed by atoms with Crippen molar-refractivity contribution in [2.45, 2.75) is 26.0 Å². The summed E-state index contributed by atoms with van der Waals surface area (Å²) in [5, 5.41) is 19.3. The Balaban J connectivity index is 1.53. The molecule has 1 saturated heterocycles. The average Bonchev–Trinajstić information content (AvgIpc) is 3.24. The van der Waals surface area contributed by atoms with E-state index in [1.54, 1.807) is 18.2 Å². The van der Waals surface area contributed by atoms with Gasteiger partial charge in [0, 0.05) is 18.0 Å². The Hall–Kier alpha value is -3.65. The zero-order valence-electron chi connectivity index (χ0n) is 16.7. The molecule has 160 valence electrons. The number of rotatable bonds is 6. The largest absolute Gasteiger partial charge is 0.489 e. The predicted octanol–water partition coefficient (Wildman–Crippen LogP) is 3.12. The standard InChI is InChI=1S/C20H20F2N8O/c1-12-8-24-5-4-16(12)31-17-3-2-13(6-14(17)7-23)18-25-11-26-20(29-18)28-15-9-27-30(10-15)19(21)22/h2-3,6,9-12,16,19,24H,4-5,8H2,1H3,(H,25,26,28,29)/t12-,16+/m1/s1. The number of hydrogen-bond acceptors (Lipinski definition) is 8. The fraction of sp³-hybridized carbons (Fsp3) is 0.350. The van der Waals surface area contributed by atoms with Crippen molar-refractivity contribution in [3.05, 3.63) is 42.5 Å². The molecule has 2 aromatic heterocycles. The lowest BCUT2D eigenvalue weighted by Gasteiger charge is -2.30. The van der Waals surface area contributed by atoms with Gasteiger partial charge < -0.3 is 15.4 Å². The normalized spacial score (nSPS) is 18.5. The van der Waals surface area contributed by atoms with E-state index in [1.165, 1.54) is 12.5 Å². The summed E-state index contributed by atoms with van der Waals surface area (Å²) >= 11 is 0. The number of ether oxygens (including phenoxy) is 1. The van der Waals surface area contributed by atoms with Crippen LogP contribution in [0.2, 0.25) is 0 Å². The topological polar surface area (TPSA) is 114 Å². The highest BCUT2D eigenvalue weighted by atomic mass is 19.3. The highest BCUT2D eigenvalue weighted by molar-refractivity contribution is 5.62. The summed E-state index contributed by atoms with van der Waals surface area (Å²) in [7, 11) is 0. The quantitative estimate of drug-likeness (QED) is 0.618. The second kappa shape index (κ2) is 9.01. The Morgan fingerprint density at radius 3 is 2.97 bits per heavy atom. The second-order valence-corrected chi connectivity index (χ2v) is 7.19. The van der Waals surface area contributed by atoms with E-state index in [4.69, 9.17) is 4.74 Å². The van der Waals surface area contributed by atoms with Crippen LogP contribution in [0.15, 0.2) is 36.9 Å². The lowest BCUT2D eigenvalue weighted by atomic mass is 9.98. The molecule has 1 aromatic carbocycles. The van der Waals surface area contributed by atoms with Gasteiger partial charge in [0.25, 0.3) is 0 Å². The molecule has 31 heavy (non-hydrogen) atoms. The van der Waals surface area contributed by atoms with Crippen LogP contribution in [0.3, 0.4) is 0 Å². The number of piperidine rings is 1. The van der Waals surface area contributed by atoms with Crippen molar-refractivity contribution in [2.75, 3.05) is 18.4 Å². The van der Waals surface area contributed by atoms with Gasteiger partial charge in [-0.1, -0.05) is 6.92 Å². The first-order chi connectivity index (χ1) is 15.0. The van der Waals surface area contributed by atoms with E-state index in [2.05, 4.69) is 43.7 Å². The molecule has 2 atom stereocenters. The van der Waals surface area contributed by atoms with Gasteiger partial charge in [0.2, 0.25) is 5.95 Å². The van der Waals surface area contributed by atoms with Crippen molar-refractivity contribution < 1.29 is 13.5 Å². The van der Waals surface area contributed by atoms with Gasteiger partial charge in [-0.2, -0.15) is 24.1 Å². The van der Waals surface area contributed by atoms with Crippen LogP contribution in [0.25, 0.3) is 11.4 Å². The van der Waals surface area contributed by atoms with Gasteiger partial charge in [0.1, 0.15) is 24.3 Å². The molecule has 2 N–H and O–H groups in total. The van der Waals surface area contributed by atoms with Crippen molar-refractivity contribution in [3.8, 4) is 23.2 Å². The van der Waals surface area contributed by atoms with Crippen LogP contribution in [0.4, 0.5) is 20.4 Å². The van der Waals surface area contributed by atoms with Crippen molar-refractivity contribution in [1.82, 2.24) is 30.0 Å². The summed E-state index contributed by atoms with van der Waals surface area (Å²) in [6.45, 7) is 1.14. The zero-order chi connectivity index (χ0) is 21.8. The van der Waals surface area contributed by atoms with Crippen molar-refractivity contribution in [1.29, 1.82) is 5.26 Å². The fourth-order valence-corrected chi connectivity index (χ4v) is 3.32. The first-order valence-electron chi connectivity index (χ1n) is 9.73. The molecule has 0 aliphatic carbocycles. The molecule has 0 saturated carbocycles. The molecular weight excluding hydrogens is 406 g/mol. The minimum Gasteiger partial charge on any atom is -0.489 e. The lowest BCUT2D eigenvalue weighted by molar-refractivity contribution is 0.0566. The average molecular weight is 426 g/mol. The second-order valence-electron chi connectivity index (χ2n) is 7.19. The number of anilines is 2. The summed E-state index contributed by atoms with van der Waals surface area (Å²) in [5.41, 5.74) is 1.31. The van der Waals surface area contributed by atoms with E-state index in [0.29, 0.717) is 39.0 Å². The number of nitrogens with zero attached hydrogens (tertiary/aromatic N) is 6. The third kappa shape index (κ3) is 4.75. The number of benzene rings is 1. The maximum atomic E-state index is 12.7. The smallest absolute Gasteiger partial charge is 0.333 e. The number of halogens is 2. The molecule has 1 fully saturated rings. The molecule has 0 amide bonds. The van der Waals surface area contributed by atoms with Gasteiger partial charge >= 0.3 is 6.55 Å². The molecule has 3 aromatic rings. The van der Waals surface area contributed by atoms with Crippen LogP contribution in [0.1, 0.15) is 25.5 Å². The van der Waals surface area contributed by atoms with Crippen LogP contribution < -0.4 is 15.4 Å². The minimum absolute atomic E-state index is 0.0429. The monoisotopic (exact) mass is 426 g/mol. The molecule has 0 spiro atoms. The molecule has 3 heterocycles. The number of aromatic nitrogens is 5. The minimum atomic E-state index is -2.73. The summed E-state index contributed by atoms with van der Waals surface area (Å²) in [6, 6.07) is 7.35. The number of alkyl halides is 2. The number of hydrogen-bond donors (Lipinski definition) is 2. The van der Waals surface area contributed by atoms with Crippen LogP contribution in [-0.2, 0) is 0 Å². The Morgan fingerprint density at radius 1 is 1.35 bits per heavy atom. The predicted molar refractivity (Wildman–Crippen MR) is 108 cm³/mol. The van der Waals surface area contributed by atoms with Crippen LogP contribution in [0, 0.1) is 17.2 Å². The maximum absolute atomic E-state index is 12.7. The summed E-state index contributed by atoms with van der Waals surface area (Å²) in [6.07, 6.45) is 4.61. The first-order valence-corrected chi connectivity index (χ1v) is 9.73. The zero-order valence-corrected chi connectivity index (χ0v) is 16.7. The molecule has 1 aliphatic rings.